The van der Waals surface area contributed by atoms with Gasteiger partial charge in [0.15, 0.2) is 16.7 Å². The molecule has 1 aromatic carbocycles. The molecule has 2 aromatic rings. The van der Waals surface area contributed by atoms with E-state index in [-0.39, 0.29) is 0 Å². The molecule has 0 unspecified atom stereocenters. The molecule has 0 N–H and O–H groups in total. The molecule has 0 radical (unpaired) electrons. The van der Waals surface area contributed by atoms with E-state index in [1.807, 2.05) is 18.2 Å². The first kappa shape index (κ1) is 10.8. The highest BCUT2D eigenvalue weighted by Crippen LogP contribution is 2.35. The predicted octanol–water partition coefficient (Wildman–Crippen LogP) is 3.02. The number of ether oxygens (including phenoxy) is 2. The number of nitrogens with zero attached hydrogens (tertiary/aromatic N) is 2. The molecule has 6 heteroatoms. The Morgan fingerprint density at radius 3 is 2.71 bits per heavy atom. The molecule has 0 saturated heterocycles. The van der Waals surface area contributed by atoms with Gasteiger partial charge in [-0.05, 0) is 18.2 Å². The van der Waals surface area contributed by atoms with Crippen LogP contribution in [-0.4, -0.2) is 22.0 Å². The lowest BCUT2D eigenvalue weighted by molar-refractivity contribution is 0.297. The van der Waals surface area contributed by atoms with Crippen molar-refractivity contribution in [1.82, 2.24) is 8.75 Å². The molecule has 0 amide bonds. The Kier molecular flexibility index (Phi) is 2.86. The minimum absolute atomic E-state index is 0.421. The van der Waals surface area contributed by atoms with E-state index in [9.17, 15) is 0 Å². The van der Waals surface area contributed by atoms with E-state index in [0.717, 1.165) is 35.2 Å². The smallest absolute Gasteiger partial charge is 0.170 e. The van der Waals surface area contributed by atoms with Crippen LogP contribution in [0.5, 0.6) is 11.5 Å². The van der Waals surface area contributed by atoms with E-state index in [0.29, 0.717) is 24.1 Å². The average molecular weight is 269 g/mol. The number of rotatable bonds is 1. The van der Waals surface area contributed by atoms with Gasteiger partial charge in [0, 0.05) is 12.0 Å². The van der Waals surface area contributed by atoms with Gasteiger partial charge in [-0.15, -0.1) is 0 Å². The molecule has 1 aliphatic heterocycles. The molecule has 17 heavy (non-hydrogen) atoms. The van der Waals surface area contributed by atoms with Gasteiger partial charge in [0.05, 0.1) is 24.9 Å². The fraction of sp³-hybridized carbons (Fsp3) is 0.273. The van der Waals surface area contributed by atoms with Crippen molar-refractivity contribution in [1.29, 1.82) is 0 Å². The molecular formula is C11H9ClN2O2S. The third-order valence-electron chi connectivity index (χ3n) is 2.47. The molecule has 2 heterocycles. The van der Waals surface area contributed by atoms with Gasteiger partial charge in [0.25, 0.3) is 0 Å². The van der Waals surface area contributed by atoms with E-state index in [1.165, 1.54) is 0 Å². The largest absolute Gasteiger partial charge is 0.490 e. The molecule has 1 aliphatic rings. The maximum absolute atomic E-state index is 5.95. The van der Waals surface area contributed by atoms with Crippen LogP contribution in [0.3, 0.4) is 0 Å². The standard InChI is InChI=1S/C11H9ClN2O2S/c12-11-10(13-17-14-11)7-2-3-8-9(6-7)16-5-1-4-15-8/h2-3,6H,1,4-5H2. The van der Waals surface area contributed by atoms with Crippen molar-refractivity contribution in [3.8, 4) is 22.8 Å². The average Bonchev–Trinajstić information content (AvgIpc) is 2.64. The molecule has 0 aliphatic carbocycles. The van der Waals surface area contributed by atoms with Crippen LogP contribution in [-0.2, 0) is 0 Å². The Morgan fingerprint density at radius 1 is 1.12 bits per heavy atom. The van der Waals surface area contributed by atoms with E-state index in [4.69, 9.17) is 21.1 Å². The van der Waals surface area contributed by atoms with Gasteiger partial charge in [0.1, 0.15) is 5.69 Å². The highest BCUT2D eigenvalue weighted by Gasteiger charge is 2.14. The Hall–Kier alpha value is -1.33. The lowest BCUT2D eigenvalue weighted by atomic mass is 10.1. The molecular weight excluding hydrogens is 260 g/mol. The highest BCUT2D eigenvalue weighted by atomic mass is 35.5. The zero-order valence-corrected chi connectivity index (χ0v) is 10.4. The minimum Gasteiger partial charge on any atom is -0.490 e. The second-order valence-corrected chi connectivity index (χ2v) is 4.50. The fourth-order valence-electron chi connectivity index (χ4n) is 1.66. The second kappa shape index (κ2) is 4.50. The predicted molar refractivity (Wildman–Crippen MR) is 66.0 cm³/mol. The molecule has 88 valence electrons. The fourth-order valence-corrected chi connectivity index (χ4v) is 2.43. The summed E-state index contributed by atoms with van der Waals surface area (Å²) in [6, 6.07) is 5.69. The lowest BCUT2D eigenvalue weighted by Gasteiger charge is -2.08. The van der Waals surface area contributed by atoms with E-state index in [1.54, 1.807) is 0 Å². The Morgan fingerprint density at radius 2 is 1.94 bits per heavy atom. The van der Waals surface area contributed by atoms with Crippen LogP contribution >= 0.6 is 23.3 Å². The van der Waals surface area contributed by atoms with Crippen LogP contribution < -0.4 is 9.47 Å². The third kappa shape index (κ3) is 2.08. The van der Waals surface area contributed by atoms with E-state index >= 15 is 0 Å². The van der Waals surface area contributed by atoms with Crippen molar-refractivity contribution < 1.29 is 9.47 Å². The van der Waals surface area contributed by atoms with Crippen LogP contribution in [0.2, 0.25) is 5.15 Å². The summed E-state index contributed by atoms with van der Waals surface area (Å²) < 4.78 is 19.3. The maximum Gasteiger partial charge on any atom is 0.170 e. The molecule has 0 fully saturated rings. The summed E-state index contributed by atoms with van der Waals surface area (Å²) in [6.07, 6.45) is 0.892. The SMILES string of the molecule is Clc1nsnc1-c1ccc2c(c1)OCCCO2. The molecule has 0 spiro atoms. The lowest BCUT2D eigenvalue weighted by Crippen LogP contribution is -1.97. The molecule has 3 rings (SSSR count). The normalized spacial score (nSPS) is 14.4. The zero-order valence-electron chi connectivity index (χ0n) is 8.85. The summed E-state index contributed by atoms with van der Waals surface area (Å²) in [7, 11) is 0. The van der Waals surface area contributed by atoms with Gasteiger partial charge in [-0.25, -0.2) is 0 Å². The first-order valence-electron chi connectivity index (χ1n) is 5.22. The topological polar surface area (TPSA) is 44.2 Å². The van der Waals surface area contributed by atoms with Crippen LogP contribution in [0, 0.1) is 0 Å². The Bertz CT molecular complexity index is 544. The summed E-state index contributed by atoms with van der Waals surface area (Å²) in [5.41, 5.74) is 1.58. The quantitative estimate of drug-likeness (QED) is 0.797. The highest BCUT2D eigenvalue weighted by molar-refractivity contribution is 6.99. The second-order valence-electron chi connectivity index (χ2n) is 3.62. The van der Waals surface area contributed by atoms with Crippen molar-refractivity contribution in [2.45, 2.75) is 6.42 Å². The number of hydrogen-bond acceptors (Lipinski definition) is 5. The van der Waals surface area contributed by atoms with Crippen molar-refractivity contribution in [2.24, 2.45) is 0 Å². The van der Waals surface area contributed by atoms with E-state index < -0.39 is 0 Å². The van der Waals surface area contributed by atoms with Crippen LogP contribution in [0.4, 0.5) is 0 Å². The number of aromatic nitrogens is 2. The molecule has 1 aromatic heterocycles. The van der Waals surface area contributed by atoms with Gasteiger partial charge in [-0.2, -0.15) is 8.75 Å². The van der Waals surface area contributed by atoms with Crippen molar-refractivity contribution in [3.63, 3.8) is 0 Å². The van der Waals surface area contributed by atoms with Crippen molar-refractivity contribution >= 4 is 23.3 Å². The summed E-state index contributed by atoms with van der Waals surface area (Å²) in [5, 5.41) is 0.421. The third-order valence-corrected chi connectivity index (χ3v) is 3.36. The number of halogens is 1. The zero-order chi connectivity index (χ0) is 11.7. The van der Waals surface area contributed by atoms with Crippen molar-refractivity contribution in [2.75, 3.05) is 13.2 Å². The van der Waals surface area contributed by atoms with Crippen LogP contribution in [0.25, 0.3) is 11.3 Å². The summed E-state index contributed by atoms with van der Waals surface area (Å²) in [5.74, 6) is 1.51. The molecule has 0 atom stereocenters. The first-order valence-corrected chi connectivity index (χ1v) is 6.33. The van der Waals surface area contributed by atoms with Crippen LogP contribution in [0.1, 0.15) is 6.42 Å². The molecule has 0 saturated carbocycles. The van der Waals surface area contributed by atoms with Crippen LogP contribution in [0.15, 0.2) is 18.2 Å². The Labute approximate surface area is 107 Å². The van der Waals surface area contributed by atoms with Gasteiger partial charge >= 0.3 is 0 Å². The number of fused-ring (bicyclic) bond motifs is 1. The monoisotopic (exact) mass is 268 g/mol. The van der Waals surface area contributed by atoms with Gasteiger partial charge in [-0.3, -0.25) is 0 Å². The number of hydrogen-bond donors (Lipinski definition) is 0. The molecule has 4 nitrogen and oxygen atoms in total. The summed E-state index contributed by atoms with van der Waals surface area (Å²) in [6.45, 7) is 1.35. The Balaban J connectivity index is 2.03. The van der Waals surface area contributed by atoms with Gasteiger partial charge in [0.2, 0.25) is 0 Å². The van der Waals surface area contributed by atoms with E-state index in [2.05, 4.69) is 8.75 Å². The summed E-state index contributed by atoms with van der Waals surface area (Å²) >= 11 is 7.05. The molecule has 0 bridgehead atoms. The van der Waals surface area contributed by atoms with Gasteiger partial charge < -0.3 is 9.47 Å². The number of benzene rings is 1. The maximum atomic E-state index is 5.95. The summed E-state index contributed by atoms with van der Waals surface area (Å²) in [4.78, 5) is 0. The first-order chi connectivity index (χ1) is 8.34. The van der Waals surface area contributed by atoms with Gasteiger partial charge in [-0.1, -0.05) is 11.6 Å². The minimum atomic E-state index is 0.421. The van der Waals surface area contributed by atoms with Crippen molar-refractivity contribution in [3.05, 3.63) is 23.4 Å².